The zero-order valence-corrected chi connectivity index (χ0v) is 11.3. The molecule has 1 aromatic carbocycles. The lowest BCUT2D eigenvalue weighted by Crippen LogP contribution is -2.06. The van der Waals surface area contributed by atoms with E-state index in [1.807, 2.05) is 37.8 Å². The second-order valence-corrected chi connectivity index (χ2v) is 4.52. The molecule has 0 aliphatic rings. The topological polar surface area (TPSA) is 67.2 Å². The van der Waals surface area contributed by atoms with Crippen molar-refractivity contribution in [3.8, 4) is 0 Å². The average molecular weight is 259 g/mol. The zero-order valence-electron chi connectivity index (χ0n) is 11.3. The van der Waals surface area contributed by atoms with E-state index < -0.39 is 5.97 Å². The van der Waals surface area contributed by atoms with Crippen molar-refractivity contribution in [2.75, 3.05) is 5.32 Å². The van der Waals surface area contributed by atoms with Crippen LogP contribution < -0.4 is 5.32 Å². The fraction of sp³-hybridized carbons (Fsp3) is 0.286. The first-order valence-corrected chi connectivity index (χ1v) is 6.05. The van der Waals surface area contributed by atoms with Gasteiger partial charge in [0.2, 0.25) is 0 Å². The quantitative estimate of drug-likeness (QED) is 0.884. The number of aromatic nitrogens is 2. The van der Waals surface area contributed by atoms with Crippen LogP contribution in [0.5, 0.6) is 0 Å². The number of nitrogens with zero attached hydrogens (tertiary/aromatic N) is 2. The average Bonchev–Trinajstić information content (AvgIpc) is 2.68. The number of hydrogen-bond acceptors (Lipinski definition) is 3. The van der Waals surface area contributed by atoms with Gasteiger partial charge < -0.3 is 10.4 Å². The molecule has 0 aliphatic heterocycles. The number of anilines is 1. The summed E-state index contributed by atoms with van der Waals surface area (Å²) in [6.45, 7) is 4.44. The molecule has 0 radical (unpaired) electrons. The molecule has 0 fully saturated rings. The van der Waals surface area contributed by atoms with Crippen molar-refractivity contribution in [2.45, 2.75) is 20.4 Å². The Morgan fingerprint density at radius 3 is 2.74 bits per heavy atom. The Balaban J connectivity index is 2.18. The third-order valence-corrected chi connectivity index (χ3v) is 3.37. The van der Waals surface area contributed by atoms with Gasteiger partial charge in [0, 0.05) is 30.5 Å². The van der Waals surface area contributed by atoms with Crippen LogP contribution >= 0.6 is 0 Å². The predicted octanol–water partition coefficient (Wildman–Crippen LogP) is 2.35. The van der Waals surface area contributed by atoms with Gasteiger partial charge in [-0.05, 0) is 31.5 Å². The Kier molecular flexibility index (Phi) is 3.55. The van der Waals surface area contributed by atoms with Crippen molar-refractivity contribution in [2.24, 2.45) is 7.05 Å². The van der Waals surface area contributed by atoms with Gasteiger partial charge in [-0.2, -0.15) is 5.10 Å². The van der Waals surface area contributed by atoms with Gasteiger partial charge in [-0.15, -0.1) is 0 Å². The molecular weight excluding hydrogens is 242 g/mol. The maximum Gasteiger partial charge on any atom is 0.336 e. The summed E-state index contributed by atoms with van der Waals surface area (Å²) in [6, 6.07) is 5.24. The molecule has 0 atom stereocenters. The van der Waals surface area contributed by atoms with Crippen LogP contribution in [0, 0.1) is 13.8 Å². The minimum absolute atomic E-state index is 0.327. The van der Waals surface area contributed by atoms with E-state index in [2.05, 4.69) is 10.4 Å². The zero-order chi connectivity index (χ0) is 14.0. The van der Waals surface area contributed by atoms with Crippen LogP contribution in [0.2, 0.25) is 0 Å². The summed E-state index contributed by atoms with van der Waals surface area (Å²) in [5.41, 5.74) is 4.11. The monoisotopic (exact) mass is 259 g/mol. The predicted molar refractivity (Wildman–Crippen MR) is 73.4 cm³/mol. The summed E-state index contributed by atoms with van der Waals surface area (Å²) >= 11 is 0. The number of aromatic carboxylic acids is 1. The van der Waals surface area contributed by atoms with E-state index in [0.717, 1.165) is 22.5 Å². The molecule has 100 valence electrons. The van der Waals surface area contributed by atoms with Crippen LogP contribution in [0.4, 0.5) is 5.69 Å². The number of carboxylic acid groups (broad SMARTS) is 1. The van der Waals surface area contributed by atoms with Crippen molar-refractivity contribution in [1.29, 1.82) is 0 Å². The number of benzene rings is 1. The summed E-state index contributed by atoms with van der Waals surface area (Å²) in [5, 5.41) is 16.5. The second-order valence-electron chi connectivity index (χ2n) is 4.52. The maximum absolute atomic E-state index is 11.1. The van der Waals surface area contributed by atoms with Crippen molar-refractivity contribution >= 4 is 11.7 Å². The van der Waals surface area contributed by atoms with Crippen molar-refractivity contribution in [3.63, 3.8) is 0 Å². The number of carboxylic acids is 1. The van der Waals surface area contributed by atoms with Crippen molar-refractivity contribution in [3.05, 3.63) is 46.8 Å². The lowest BCUT2D eigenvalue weighted by Gasteiger charge is -2.11. The molecule has 0 spiro atoms. The largest absolute Gasteiger partial charge is 0.478 e. The Morgan fingerprint density at radius 1 is 1.42 bits per heavy atom. The molecule has 0 saturated heterocycles. The van der Waals surface area contributed by atoms with Crippen molar-refractivity contribution < 1.29 is 9.90 Å². The molecule has 0 saturated carbocycles. The van der Waals surface area contributed by atoms with Crippen LogP contribution in [0.3, 0.4) is 0 Å². The van der Waals surface area contributed by atoms with Gasteiger partial charge in [0.1, 0.15) is 0 Å². The third kappa shape index (κ3) is 2.59. The Bertz CT molecular complexity index is 617. The Labute approximate surface area is 111 Å². The van der Waals surface area contributed by atoms with Gasteiger partial charge in [0.05, 0.1) is 11.8 Å². The lowest BCUT2D eigenvalue weighted by molar-refractivity contribution is 0.0696. The van der Waals surface area contributed by atoms with Gasteiger partial charge in [-0.3, -0.25) is 4.68 Å². The number of hydrogen-bond donors (Lipinski definition) is 2. The Morgan fingerprint density at radius 2 is 2.16 bits per heavy atom. The second kappa shape index (κ2) is 5.14. The molecule has 0 bridgehead atoms. The lowest BCUT2D eigenvalue weighted by atomic mass is 10.1. The maximum atomic E-state index is 11.1. The van der Waals surface area contributed by atoms with E-state index >= 15 is 0 Å². The summed E-state index contributed by atoms with van der Waals surface area (Å²) in [6.07, 6.45) is 1.82. The summed E-state index contributed by atoms with van der Waals surface area (Å²) in [5.74, 6) is -0.904. The van der Waals surface area contributed by atoms with Gasteiger partial charge in [-0.1, -0.05) is 6.07 Å². The number of aryl methyl sites for hydroxylation is 1. The van der Waals surface area contributed by atoms with Gasteiger partial charge in [0.15, 0.2) is 0 Å². The number of rotatable bonds is 4. The first-order chi connectivity index (χ1) is 9.00. The highest BCUT2D eigenvalue weighted by atomic mass is 16.4. The van der Waals surface area contributed by atoms with Crippen LogP contribution in [0.15, 0.2) is 24.4 Å². The summed E-state index contributed by atoms with van der Waals surface area (Å²) < 4.78 is 1.82. The minimum Gasteiger partial charge on any atom is -0.478 e. The highest BCUT2D eigenvalue weighted by Gasteiger charge is 2.10. The molecule has 2 rings (SSSR count). The van der Waals surface area contributed by atoms with E-state index in [9.17, 15) is 4.79 Å². The highest BCUT2D eigenvalue weighted by molar-refractivity contribution is 5.91. The normalized spacial score (nSPS) is 10.5. The molecular formula is C14H17N3O2. The summed E-state index contributed by atoms with van der Waals surface area (Å²) in [4.78, 5) is 11.1. The smallest absolute Gasteiger partial charge is 0.336 e. The minimum atomic E-state index is -0.904. The Hall–Kier alpha value is -2.30. The van der Waals surface area contributed by atoms with Gasteiger partial charge >= 0.3 is 5.97 Å². The van der Waals surface area contributed by atoms with Crippen LogP contribution in [0.25, 0.3) is 0 Å². The van der Waals surface area contributed by atoms with Crippen LogP contribution in [0.1, 0.15) is 27.2 Å². The van der Waals surface area contributed by atoms with E-state index in [0.29, 0.717) is 12.1 Å². The number of nitrogens with one attached hydrogen (secondary N) is 1. The van der Waals surface area contributed by atoms with E-state index in [1.54, 1.807) is 12.1 Å². The highest BCUT2D eigenvalue weighted by Crippen LogP contribution is 2.20. The van der Waals surface area contributed by atoms with E-state index in [4.69, 9.17) is 5.11 Å². The molecule has 1 heterocycles. The molecule has 1 aromatic heterocycles. The molecule has 2 aromatic rings. The molecule has 0 aliphatic carbocycles. The SMILES string of the molecule is Cc1c(NCc2cnn(C)c2C)cccc1C(=O)O. The third-order valence-electron chi connectivity index (χ3n) is 3.37. The van der Waals surface area contributed by atoms with E-state index in [-0.39, 0.29) is 0 Å². The first kappa shape index (κ1) is 13.1. The van der Waals surface area contributed by atoms with Crippen LogP contribution in [-0.4, -0.2) is 20.9 Å². The fourth-order valence-corrected chi connectivity index (χ4v) is 1.97. The van der Waals surface area contributed by atoms with Gasteiger partial charge in [0.25, 0.3) is 0 Å². The van der Waals surface area contributed by atoms with Crippen molar-refractivity contribution in [1.82, 2.24) is 9.78 Å². The van der Waals surface area contributed by atoms with Crippen LogP contribution in [-0.2, 0) is 13.6 Å². The fourth-order valence-electron chi connectivity index (χ4n) is 1.97. The molecule has 5 nitrogen and oxygen atoms in total. The molecule has 19 heavy (non-hydrogen) atoms. The standard InChI is InChI=1S/C14H17N3O2/c1-9-12(14(18)19)5-4-6-13(9)15-7-11-8-16-17(3)10(11)2/h4-6,8,15H,7H2,1-3H3,(H,18,19). The molecule has 0 unspecified atom stereocenters. The van der Waals surface area contributed by atoms with E-state index in [1.165, 1.54) is 0 Å². The molecule has 0 amide bonds. The first-order valence-electron chi connectivity index (χ1n) is 6.05. The van der Waals surface area contributed by atoms with Gasteiger partial charge in [-0.25, -0.2) is 4.79 Å². The molecule has 5 heteroatoms. The molecule has 2 N–H and O–H groups in total. The number of carbonyl (C=O) groups is 1. The summed E-state index contributed by atoms with van der Waals surface area (Å²) in [7, 11) is 1.90.